The highest BCUT2D eigenvalue weighted by Gasteiger charge is 2.37. The molecule has 2 aliphatic heterocycles. The number of Topliss-reactive ketones (excluding diaryl/α,β-unsaturated/α-hetero) is 1. The Labute approximate surface area is 304 Å². The Balaban J connectivity index is 1.45. The average molecular weight is 720 g/mol. The third-order valence-electron chi connectivity index (χ3n) is 10.8. The average Bonchev–Trinajstić information content (AvgIpc) is 3.49. The van der Waals surface area contributed by atoms with E-state index in [4.69, 9.17) is 13.9 Å². The summed E-state index contributed by atoms with van der Waals surface area (Å²) in [5, 5.41) is 21.5. The number of hydrogen-bond acceptors (Lipinski definition) is 9. The van der Waals surface area contributed by atoms with Gasteiger partial charge in [0.15, 0.2) is 23.7 Å². The summed E-state index contributed by atoms with van der Waals surface area (Å²) in [4.78, 5) is 22.7. The van der Waals surface area contributed by atoms with Crippen LogP contribution in [-0.4, -0.2) is 80.9 Å². The summed E-state index contributed by atoms with van der Waals surface area (Å²) in [5.74, 6) is -0.192. The Morgan fingerprint density at radius 2 is 1.40 bits per heavy atom. The molecule has 0 bridgehead atoms. The van der Waals surface area contributed by atoms with Gasteiger partial charge in [-0.25, -0.2) is 13.8 Å². The predicted octanol–water partition coefficient (Wildman–Crippen LogP) is 7.64. The van der Waals surface area contributed by atoms with Gasteiger partial charge in [-0.2, -0.15) is 0 Å². The fourth-order valence-electron chi connectivity index (χ4n) is 7.40. The molecular weight excluding hydrogens is 668 g/mol. The lowest BCUT2D eigenvalue weighted by Gasteiger charge is -2.43. The lowest BCUT2D eigenvalue weighted by molar-refractivity contribution is -0.0760. The Morgan fingerprint density at radius 1 is 0.865 bits per heavy atom. The molecule has 2 saturated heterocycles. The van der Waals surface area contributed by atoms with Crippen molar-refractivity contribution in [2.45, 2.75) is 103 Å². The number of fused-ring (bicyclic) bond motifs is 1. The molecule has 4 aromatic rings. The van der Waals surface area contributed by atoms with E-state index in [1.165, 1.54) is 31.2 Å². The van der Waals surface area contributed by atoms with Crippen LogP contribution in [0.5, 0.6) is 11.5 Å². The number of halogens is 2. The smallest absolute Gasteiger partial charge is 0.208 e. The van der Waals surface area contributed by atoms with Gasteiger partial charge in [0.25, 0.3) is 0 Å². The molecule has 280 valence electrons. The van der Waals surface area contributed by atoms with Crippen molar-refractivity contribution in [3.8, 4) is 11.5 Å². The van der Waals surface area contributed by atoms with E-state index in [2.05, 4.69) is 14.8 Å². The summed E-state index contributed by atoms with van der Waals surface area (Å²) >= 11 is 0. The van der Waals surface area contributed by atoms with Crippen LogP contribution in [0.4, 0.5) is 8.78 Å². The number of carbonyl (C=O) groups is 1. The van der Waals surface area contributed by atoms with Crippen molar-refractivity contribution in [1.29, 1.82) is 0 Å². The second-order valence-corrected chi connectivity index (χ2v) is 15.4. The molecular formula is C41H51F2N3O6. The molecule has 9 nitrogen and oxygen atoms in total. The monoisotopic (exact) mass is 719 g/mol. The van der Waals surface area contributed by atoms with E-state index in [1.54, 1.807) is 31.2 Å². The van der Waals surface area contributed by atoms with Crippen molar-refractivity contribution < 1.29 is 37.7 Å². The van der Waals surface area contributed by atoms with Crippen LogP contribution in [-0.2, 0) is 0 Å². The van der Waals surface area contributed by atoms with Gasteiger partial charge in [0.1, 0.15) is 23.3 Å². The van der Waals surface area contributed by atoms with E-state index >= 15 is 0 Å². The highest BCUT2D eigenvalue weighted by Crippen LogP contribution is 2.46. The highest BCUT2D eigenvalue weighted by molar-refractivity contribution is 6.05. The van der Waals surface area contributed by atoms with Crippen LogP contribution >= 0.6 is 0 Å². The van der Waals surface area contributed by atoms with E-state index in [0.717, 1.165) is 5.56 Å². The topological polar surface area (TPSA) is 108 Å². The molecule has 2 aliphatic rings. The van der Waals surface area contributed by atoms with E-state index in [1.807, 2.05) is 27.7 Å². The number of ketones is 1. The summed E-state index contributed by atoms with van der Waals surface area (Å²) in [5.41, 5.74) is 1.84. The standard InChI is InChI=1S/C41H51F2N3O6/c1-25(29-7-11-31(42)12-8-29)23-33(30-9-13-32(43)14-10-30)51-39-37(35(27(3)47)26(2)36-38(39)50-28(4)44-36)52-34(46-21-17-41(6,49)18-22-46)24-45-19-15-40(5,48)16-20-45/h7-14,25,33-34,48-49H,15-24H2,1-6H3. The van der Waals surface area contributed by atoms with Crippen molar-refractivity contribution in [2.24, 2.45) is 0 Å². The third kappa shape index (κ3) is 8.65. The zero-order valence-electron chi connectivity index (χ0n) is 31.0. The number of piperidine rings is 2. The maximum Gasteiger partial charge on any atom is 0.208 e. The number of nitrogens with zero attached hydrogens (tertiary/aromatic N) is 3. The molecule has 2 fully saturated rings. The lowest BCUT2D eigenvalue weighted by atomic mass is 9.92. The number of benzene rings is 3. The maximum absolute atomic E-state index is 14.2. The van der Waals surface area contributed by atoms with Crippen LogP contribution in [0.3, 0.4) is 0 Å². The fourth-order valence-corrected chi connectivity index (χ4v) is 7.40. The zero-order valence-corrected chi connectivity index (χ0v) is 31.0. The molecule has 3 unspecified atom stereocenters. The molecule has 3 atom stereocenters. The summed E-state index contributed by atoms with van der Waals surface area (Å²) in [6, 6.07) is 12.5. The fraction of sp³-hybridized carbons (Fsp3) is 0.512. The van der Waals surface area contributed by atoms with Gasteiger partial charge in [-0.1, -0.05) is 31.2 Å². The van der Waals surface area contributed by atoms with Gasteiger partial charge in [0.2, 0.25) is 11.3 Å². The van der Waals surface area contributed by atoms with Gasteiger partial charge in [0.05, 0.1) is 16.8 Å². The second kappa shape index (κ2) is 15.2. The van der Waals surface area contributed by atoms with Gasteiger partial charge in [0, 0.05) is 39.6 Å². The zero-order chi connectivity index (χ0) is 37.4. The van der Waals surface area contributed by atoms with Gasteiger partial charge in [-0.05, 0) is 107 Å². The first-order valence-corrected chi connectivity index (χ1v) is 18.3. The molecule has 3 heterocycles. The van der Waals surface area contributed by atoms with Crippen molar-refractivity contribution in [3.63, 3.8) is 0 Å². The molecule has 52 heavy (non-hydrogen) atoms. The molecule has 3 aromatic carbocycles. The minimum absolute atomic E-state index is 0.102. The lowest BCUT2D eigenvalue weighted by Crippen LogP contribution is -2.55. The minimum Gasteiger partial charge on any atom is -0.478 e. The largest absolute Gasteiger partial charge is 0.478 e. The molecule has 0 saturated carbocycles. The number of carbonyl (C=O) groups excluding carboxylic acids is 1. The predicted molar refractivity (Wildman–Crippen MR) is 195 cm³/mol. The molecule has 2 N–H and O–H groups in total. The second-order valence-electron chi connectivity index (χ2n) is 15.4. The maximum atomic E-state index is 14.2. The van der Waals surface area contributed by atoms with Gasteiger partial charge in [-0.15, -0.1) is 0 Å². The molecule has 0 spiro atoms. The van der Waals surface area contributed by atoms with E-state index in [0.29, 0.717) is 98.5 Å². The normalized spacial score (nSPS) is 19.7. The Morgan fingerprint density at radius 3 is 1.96 bits per heavy atom. The van der Waals surface area contributed by atoms with Crippen LogP contribution < -0.4 is 9.47 Å². The highest BCUT2D eigenvalue weighted by atomic mass is 19.1. The van der Waals surface area contributed by atoms with E-state index in [-0.39, 0.29) is 34.8 Å². The Hall–Kier alpha value is -3.90. The first kappa shape index (κ1) is 37.8. The molecule has 0 radical (unpaired) electrons. The third-order valence-corrected chi connectivity index (χ3v) is 10.8. The van der Waals surface area contributed by atoms with Crippen molar-refractivity contribution in [3.05, 3.63) is 88.3 Å². The molecule has 1 aromatic heterocycles. The Bertz CT molecular complexity index is 1850. The van der Waals surface area contributed by atoms with Crippen molar-refractivity contribution in [2.75, 3.05) is 32.7 Å². The summed E-state index contributed by atoms with van der Waals surface area (Å²) in [6.45, 7) is 13.8. The van der Waals surface area contributed by atoms with E-state index < -0.39 is 23.5 Å². The number of rotatable bonds is 12. The Kier molecular flexibility index (Phi) is 11.1. The van der Waals surface area contributed by atoms with Gasteiger partial charge >= 0.3 is 0 Å². The molecule has 6 rings (SSSR count). The SMILES string of the molecule is CC(=O)c1c(OC(CN2CCC(C)(O)CC2)N2CCC(C)(O)CC2)c(OC(CC(C)c2ccc(F)cc2)c2ccc(F)cc2)c2oc(C)nc2c1C. The quantitative estimate of drug-likeness (QED) is 0.143. The van der Waals surface area contributed by atoms with Crippen LogP contribution in [0.25, 0.3) is 11.1 Å². The number of ether oxygens (including phenoxy) is 2. The van der Waals surface area contributed by atoms with E-state index in [9.17, 15) is 23.8 Å². The molecule has 11 heteroatoms. The van der Waals surface area contributed by atoms with Gasteiger partial charge < -0.3 is 24.1 Å². The van der Waals surface area contributed by atoms with Crippen LogP contribution in [0, 0.1) is 25.5 Å². The minimum atomic E-state index is -0.792. The number of oxazole rings is 1. The summed E-state index contributed by atoms with van der Waals surface area (Å²) in [6.07, 6.45) is 1.57. The molecule has 0 aliphatic carbocycles. The summed E-state index contributed by atoms with van der Waals surface area (Å²) < 4.78 is 48.3. The van der Waals surface area contributed by atoms with Crippen molar-refractivity contribution >= 4 is 16.9 Å². The first-order chi connectivity index (χ1) is 24.6. The number of hydrogen-bond donors (Lipinski definition) is 2. The number of aromatic nitrogens is 1. The number of likely N-dealkylation sites (tertiary alicyclic amines) is 2. The number of aryl methyl sites for hydroxylation is 2. The van der Waals surface area contributed by atoms with Crippen LogP contribution in [0.2, 0.25) is 0 Å². The van der Waals surface area contributed by atoms with Crippen LogP contribution in [0.15, 0.2) is 52.9 Å². The van der Waals surface area contributed by atoms with Gasteiger partial charge in [-0.3, -0.25) is 14.6 Å². The summed E-state index contributed by atoms with van der Waals surface area (Å²) in [7, 11) is 0. The van der Waals surface area contributed by atoms with Crippen LogP contribution in [0.1, 0.15) is 105 Å². The first-order valence-electron chi connectivity index (χ1n) is 18.3. The van der Waals surface area contributed by atoms with Crippen molar-refractivity contribution in [1.82, 2.24) is 14.8 Å². The number of aliphatic hydroxyl groups is 2. The molecule has 0 amide bonds.